The maximum Gasteiger partial charge on any atom is 0.213 e. The monoisotopic (exact) mass is 297 g/mol. The fourth-order valence-corrected chi connectivity index (χ4v) is 3.12. The molecule has 1 aliphatic rings. The van der Waals surface area contributed by atoms with Crippen molar-refractivity contribution in [3.8, 4) is 17.0 Å². The summed E-state index contributed by atoms with van der Waals surface area (Å²) in [7, 11) is 0. The summed E-state index contributed by atoms with van der Waals surface area (Å²) in [6, 6.07) is 10.7. The van der Waals surface area contributed by atoms with Crippen LogP contribution in [0.5, 0.6) is 5.88 Å². The zero-order valence-corrected chi connectivity index (χ0v) is 13.4. The standard InChI is InChI=1S/C19H23NO2/c1-3-21-12-13-22-19-11-10-16(14(2)20-19)18-9-5-7-15-6-4-8-17(15)18/h5,7,9-11H,3-4,6,8,12-13H2,1-2H3. The maximum absolute atomic E-state index is 5.64. The molecule has 0 N–H and O–H groups in total. The van der Waals surface area contributed by atoms with Gasteiger partial charge in [0, 0.05) is 23.9 Å². The third-order valence-electron chi connectivity index (χ3n) is 4.18. The molecule has 0 atom stereocenters. The van der Waals surface area contributed by atoms with Crippen molar-refractivity contribution >= 4 is 0 Å². The summed E-state index contributed by atoms with van der Waals surface area (Å²) >= 11 is 0. The summed E-state index contributed by atoms with van der Waals surface area (Å²) in [6.45, 7) is 5.90. The first kappa shape index (κ1) is 15.0. The van der Waals surface area contributed by atoms with Gasteiger partial charge in [-0.3, -0.25) is 0 Å². The van der Waals surface area contributed by atoms with Crippen LogP contribution in [0.3, 0.4) is 0 Å². The topological polar surface area (TPSA) is 31.4 Å². The maximum atomic E-state index is 5.64. The molecule has 0 spiro atoms. The van der Waals surface area contributed by atoms with Crippen LogP contribution >= 0.6 is 0 Å². The molecule has 1 heterocycles. The zero-order valence-electron chi connectivity index (χ0n) is 13.4. The molecule has 1 aromatic carbocycles. The lowest BCUT2D eigenvalue weighted by Gasteiger charge is -2.12. The summed E-state index contributed by atoms with van der Waals surface area (Å²) in [4.78, 5) is 4.59. The molecule has 3 nitrogen and oxygen atoms in total. The van der Waals surface area contributed by atoms with Gasteiger partial charge in [-0.2, -0.15) is 0 Å². The molecular formula is C19H23NO2. The summed E-state index contributed by atoms with van der Waals surface area (Å²) in [5, 5.41) is 0. The van der Waals surface area contributed by atoms with Gasteiger partial charge in [0.25, 0.3) is 0 Å². The van der Waals surface area contributed by atoms with Gasteiger partial charge in [-0.25, -0.2) is 4.98 Å². The smallest absolute Gasteiger partial charge is 0.213 e. The number of benzene rings is 1. The molecule has 0 amide bonds. The van der Waals surface area contributed by atoms with Crippen LogP contribution in [0.2, 0.25) is 0 Å². The van der Waals surface area contributed by atoms with Gasteiger partial charge in [-0.05, 0) is 55.9 Å². The molecule has 116 valence electrons. The summed E-state index contributed by atoms with van der Waals surface area (Å²) in [6.07, 6.45) is 3.64. The summed E-state index contributed by atoms with van der Waals surface area (Å²) < 4.78 is 10.9. The molecule has 3 rings (SSSR count). The lowest BCUT2D eigenvalue weighted by molar-refractivity contribution is 0.108. The highest BCUT2D eigenvalue weighted by molar-refractivity contribution is 5.71. The SMILES string of the molecule is CCOCCOc1ccc(-c2cccc3c2CCC3)c(C)n1. The molecule has 0 bridgehead atoms. The van der Waals surface area contributed by atoms with E-state index in [0.717, 1.165) is 5.69 Å². The first-order chi connectivity index (χ1) is 10.8. The zero-order chi connectivity index (χ0) is 15.4. The van der Waals surface area contributed by atoms with Crippen molar-refractivity contribution in [2.24, 2.45) is 0 Å². The Labute approximate surface area is 132 Å². The Morgan fingerprint density at radius 1 is 1.05 bits per heavy atom. The van der Waals surface area contributed by atoms with Crippen molar-refractivity contribution in [1.82, 2.24) is 4.98 Å². The minimum absolute atomic E-state index is 0.542. The molecule has 0 unspecified atom stereocenters. The van der Waals surface area contributed by atoms with E-state index >= 15 is 0 Å². The Morgan fingerprint density at radius 2 is 1.95 bits per heavy atom. The Kier molecular flexibility index (Phi) is 4.74. The van der Waals surface area contributed by atoms with Crippen LogP contribution in [0.4, 0.5) is 0 Å². The number of pyridine rings is 1. The van der Waals surface area contributed by atoms with E-state index in [4.69, 9.17) is 9.47 Å². The predicted molar refractivity (Wildman–Crippen MR) is 88.4 cm³/mol. The minimum Gasteiger partial charge on any atom is -0.475 e. The van der Waals surface area contributed by atoms with E-state index in [9.17, 15) is 0 Å². The van der Waals surface area contributed by atoms with E-state index in [0.29, 0.717) is 25.7 Å². The van der Waals surface area contributed by atoms with E-state index in [2.05, 4.69) is 36.2 Å². The van der Waals surface area contributed by atoms with Crippen molar-refractivity contribution in [1.29, 1.82) is 0 Å². The molecule has 2 aromatic rings. The van der Waals surface area contributed by atoms with E-state index in [1.165, 1.54) is 41.5 Å². The molecule has 0 saturated carbocycles. The van der Waals surface area contributed by atoms with Crippen molar-refractivity contribution in [2.45, 2.75) is 33.1 Å². The van der Waals surface area contributed by atoms with Crippen LogP contribution in [0.25, 0.3) is 11.1 Å². The van der Waals surface area contributed by atoms with Crippen LogP contribution in [-0.4, -0.2) is 24.8 Å². The first-order valence-electron chi connectivity index (χ1n) is 8.09. The van der Waals surface area contributed by atoms with Crippen LogP contribution in [0.15, 0.2) is 30.3 Å². The Bertz CT molecular complexity index is 652. The van der Waals surface area contributed by atoms with Crippen LogP contribution in [0, 0.1) is 6.92 Å². The number of ether oxygens (including phenoxy) is 2. The fourth-order valence-electron chi connectivity index (χ4n) is 3.12. The van der Waals surface area contributed by atoms with Gasteiger partial charge < -0.3 is 9.47 Å². The molecule has 0 radical (unpaired) electrons. The van der Waals surface area contributed by atoms with Crippen LogP contribution in [-0.2, 0) is 17.6 Å². The molecule has 3 heteroatoms. The van der Waals surface area contributed by atoms with E-state index in [1.54, 1.807) is 0 Å². The number of aryl methyl sites for hydroxylation is 2. The summed E-state index contributed by atoms with van der Waals surface area (Å²) in [5.74, 6) is 0.675. The largest absolute Gasteiger partial charge is 0.475 e. The lowest BCUT2D eigenvalue weighted by Crippen LogP contribution is -2.07. The average molecular weight is 297 g/mol. The number of hydrogen-bond acceptors (Lipinski definition) is 3. The Hall–Kier alpha value is -1.87. The number of aromatic nitrogens is 1. The van der Waals surface area contributed by atoms with Crippen molar-refractivity contribution in [3.63, 3.8) is 0 Å². The second-order valence-electron chi connectivity index (χ2n) is 5.62. The van der Waals surface area contributed by atoms with Crippen molar-refractivity contribution in [2.75, 3.05) is 19.8 Å². The second-order valence-corrected chi connectivity index (χ2v) is 5.62. The molecular weight excluding hydrogens is 274 g/mol. The number of nitrogens with zero attached hydrogens (tertiary/aromatic N) is 1. The van der Waals surface area contributed by atoms with Gasteiger partial charge in [0.1, 0.15) is 6.61 Å². The Balaban J connectivity index is 1.80. The van der Waals surface area contributed by atoms with Gasteiger partial charge in [0.05, 0.1) is 6.61 Å². The van der Waals surface area contributed by atoms with E-state index < -0.39 is 0 Å². The van der Waals surface area contributed by atoms with Crippen molar-refractivity contribution in [3.05, 3.63) is 47.2 Å². The molecule has 0 fully saturated rings. The van der Waals surface area contributed by atoms with Gasteiger partial charge in [0.2, 0.25) is 5.88 Å². The highest BCUT2D eigenvalue weighted by Gasteiger charge is 2.16. The predicted octanol–water partition coefficient (Wildman–Crippen LogP) is 3.96. The number of hydrogen-bond donors (Lipinski definition) is 0. The lowest BCUT2D eigenvalue weighted by atomic mass is 9.96. The third-order valence-corrected chi connectivity index (χ3v) is 4.18. The minimum atomic E-state index is 0.542. The van der Waals surface area contributed by atoms with Gasteiger partial charge in [-0.1, -0.05) is 18.2 Å². The molecule has 22 heavy (non-hydrogen) atoms. The molecule has 0 saturated heterocycles. The molecule has 1 aliphatic carbocycles. The fraction of sp³-hybridized carbons (Fsp3) is 0.421. The highest BCUT2D eigenvalue weighted by Crippen LogP contribution is 2.34. The first-order valence-corrected chi connectivity index (χ1v) is 8.09. The third kappa shape index (κ3) is 3.14. The van der Waals surface area contributed by atoms with Gasteiger partial charge >= 0.3 is 0 Å². The Morgan fingerprint density at radius 3 is 2.77 bits per heavy atom. The van der Waals surface area contributed by atoms with E-state index in [1.807, 2.05) is 13.0 Å². The molecule has 0 aliphatic heterocycles. The highest BCUT2D eigenvalue weighted by atomic mass is 16.5. The molecule has 1 aromatic heterocycles. The van der Waals surface area contributed by atoms with Crippen molar-refractivity contribution < 1.29 is 9.47 Å². The average Bonchev–Trinajstić information content (AvgIpc) is 3.00. The normalized spacial score (nSPS) is 13.2. The second kappa shape index (κ2) is 6.93. The van der Waals surface area contributed by atoms with Crippen LogP contribution < -0.4 is 4.74 Å². The number of fused-ring (bicyclic) bond motifs is 1. The van der Waals surface area contributed by atoms with Gasteiger partial charge in [-0.15, -0.1) is 0 Å². The van der Waals surface area contributed by atoms with Crippen LogP contribution in [0.1, 0.15) is 30.2 Å². The quantitative estimate of drug-likeness (QED) is 0.756. The van der Waals surface area contributed by atoms with Gasteiger partial charge in [0.15, 0.2) is 0 Å². The number of rotatable bonds is 6. The summed E-state index contributed by atoms with van der Waals surface area (Å²) in [5.41, 5.74) is 6.57. The van der Waals surface area contributed by atoms with E-state index in [-0.39, 0.29) is 0 Å².